The van der Waals surface area contributed by atoms with Gasteiger partial charge < -0.3 is 0 Å². The zero-order valence-corrected chi connectivity index (χ0v) is 8.34. The van der Waals surface area contributed by atoms with Gasteiger partial charge in [0.2, 0.25) is 0 Å². The normalized spacial score (nSPS) is 10.1. The number of hydrogen-bond donors (Lipinski definition) is 0. The van der Waals surface area contributed by atoms with Gasteiger partial charge in [-0.05, 0) is 24.1 Å². The van der Waals surface area contributed by atoms with Crippen molar-refractivity contribution in [1.82, 2.24) is 0 Å². The van der Waals surface area contributed by atoms with E-state index in [1.165, 1.54) is 12.1 Å². The fraction of sp³-hybridized carbons (Fsp3) is 0.100. The Morgan fingerprint density at radius 3 is 2.64 bits per heavy atom. The van der Waals surface area contributed by atoms with Crippen molar-refractivity contribution in [1.29, 1.82) is 0 Å². The second-order valence-electron chi connectivity index (χ2n) is 2.69. The summed E-state index contributed by atoms with van der Waals surface area (Å²) in [6, 6.07) is 6.16. The molecular weight excluding hydrogens is 200 g/mol. The third kappa shape index (κ3) is 2.71. The minimum absolute atomic E-state index is 0.204. The van der Waals surface area contributed by atoms with Crippen LogP contribution in [-0.4, -0.2) is 21.0 Å². The van der Waals surface area contributed by atoms with Crippen LogP contribution in [0.2, 0.25) is 0 Å². The molecule has 0 aliphatic heterocycles. The smallest absolute Gasteiger partial charge is 0.193 e. The number of carbonyl (C=O) groups excluding carboxylic acids is 1. The highest BCUT2D eigenvalue weighted by atomic mass is 32.2. The monoisotopic (exact) mass is 208 g/mol. The van der Waals surface area contributed by atoms with Crippen LogP contribution in [0.15, 0.2) is 29.2 Å². The summed E-state index contributed by atoms with van der Waals surface area (Å²) in [5.41, 5.74) is 0.514. The van der Waals surface area contributed by atoms with Crippen molar-refractivity contribution < 1.29 is 13.2 Å². The molecule has 1 aromatic rings. The van der Waals surface area contributed by atoms with Crippen LogP contribution in [-0.2, 0) is 14.6 Å². The van der Waals surface area contributed by atoms with Crippen LogP contribution in [0, 0.1) is 11.8 Å². The quantitative estimate of drug-likeness (QED) is 0.502. The first-order valence-corrected chi connectivity index (χ1v) is 5.68. The molecule has 4 heteroatoms. The van der Waals surface area contributed by atoms with E-state index < -0.39 is 9.84 Å². The van der Waals surface area contributed by atoms with E-state index in [2.05, 4.69) is 11.8 Å². The summed E-state index contributed by atoms with van der Waals surface area (Å²) in [4.78, 5) is 10.2. The Kier molecular flexibility index (Phi) is 3.05. The number of aldehydes is 1. The van der Waals surface area contributed by atoms with Crippen molar-refractivity contribution in [3.05, 3.63) is 29.8 Å². The third-order valence-electron chi connectivity index (χ3n) is 1.54. The number of rotatable bonds is 1. The maximum atomic E-state index is 11.1. The summed E-state index contributed by atoms with van der Waals surface area (Å²) in [6.45, 7) is 0. The second kappa shape index (κ2) is 4.07. The predicted molar refractivity (Wildman–Crippen MR) is 52.5 cm³/mol. The minimum atomic E-state index is -3.21. The summed E-state index contributed by atoms with van der Waals surface area (Å²) in [5, 5.41) is 0. The first kappa shape index (κ1) is 10.5. The molecule has 0 aliphatic rings. The van der Waals surface area contributed by atoms with Crippen LogP contribution < -0.4 is 0 Å². The fourth-order valence-corrected chi connectivity index (χ4v) is 1.58. The molecule has 0 atom stereocenters. The van der Waals surface area contributed by atoms with E-state index in [0.29, 0.717) is 11.8 Å². The van der Waals surface area contributed by atoms with Gasteiger partial charge in [0.25, 0.3) is 0 Å². The molecule has 0 heterocycles. The van der Waals surface area contributed by atoms with Crippen molar-refractivity contribution in [2.45, 2.75) is 4.90 Å². The lowest BCUT2D eigenvalue weighted by Gasteiger charge is -1.97. The summed E-state index contributed by atoms with van der Waals surface area (Å²) < 4.78 is 22.3. The van der Waals surface area contributed by atoms with E-state index in [9.17, 15) is 13.2 Å². The lowest BCUT2D eigenvalue weighted by molar-refractivity contribution is -0.103. The van der Waals surface area contributed by atoms with Gasteiger partial charge in [-0.2, -0.15) is 0 Å². The molecule has 72 valence electrons. The van der Waals surface area contributed by atoms with E-state index in [4.69, 9.17) is 0 Å². The SMILES string of the molecule is CS(=O)(=O)c1cccc(C#CC=O)c1. The van der Waals surface area contributed by atoms with Crippen LogP contribution in [0.4, 0.5) is 0 Å². The van der Waals surface area contributed by atoms with Gasteiger partial charge in [0.15, 0.2) is 16.1 Å². The minimum Gasteiger partial charge on any atom is -0.289 e. The van der Waals surface area contributed by atoms with Gasteiger partial charge in [-0.3, -0.25) is 4.79 Å². The molecule has 0 amide bonds. The second-order valence-corrected chi connectivity index (χ2v) is 4.70. The molecule has 3 nitrogen and oxygen atoms in total. The molecule has 0 aliphatic carbocycles. The lowest BCUT2D eigenvalue weighted by Crippen LogP contribution is -1.96. The number of hydrogen-bond acceptors (Lipinski definition) is 3. The third-order valence-corrected chi connectivity index (χ3v) is 2.65. The highest BCUT2D eigenvalue weighted by Crippen LogP contribution is 2.10. The van der Waals surface area contributed by atoms with E-state index in [1.54, 1.807) is 12.1 Å². The average Bonchev–Trinajstić information content (AvgIpc) is 2.14. The van der Waals surface area contributed by atoms with Crippen molar-refractivity contribution >= 4 is 16.1 Å². The zero-order valence-electron chi connectivity index (χ0n) is 7.52. The molecule has 0 fully saturated rings. The van der Waals surface area contributed by atoms with E-state index in [0.717, 1.165) is 6.26 Å². The molecular formula is C10H8O3S. The summed E-state index contributed by atoms with van der Waals surface area (Å²) in [5.74, 6) is 4.74. The highest BCUT2D eigenvalue weighted by Gasteiger charge is 2.05. The van der Waals surface area contributed by atoms with Crippen LogP contribution in [0.3, 0.4) is 0 Å². The maximum Gasteiger partial charge on any atom is 0.193 e. The van der Waals surface area contributed by atoms with E-state index in [-0.39, 0.29) is 4.90 Å². The van der Waals surface area contributed by atoms with E-state index >= 15 is 0 Å². The molecule has 0 unspecified atom stereocenters. The van der Waals surface area contributed by atoms with Crippen molar-refractivity contribution in [2.24, 2.45) is 0 Å². The Labute approximate surface area is 82.7 Å². The Morgan fingerprint density at radius 2 is 2.07 bits per heavy atom. The summed E-state index contributed by atoms with van der Waals surface area (Å²) in [7, 11) is -3.21. The number of carbonyl (C=O) groups is 1. The Hall–Kier alpha value is -1.60. The van der Waals surface area contributed by atoms with Crippen LogP contribution >= 0.6 is 0 Å². The first-order valence-electron chi connectivity index (χ1n) is 3.79. The number of benzene rings is 1. The standard InChI is InChI=1S/C10H8O3S/c1-14(12,13)10-6-2-4-9(8-10)5-3-7-11/h2,4,6-8H,1H3. The first-order chi connectivity index (χ1) is 6.54. The van der Waals surface area contributed by atoms with Gasteiger partial charge in [0.05, 0.1) is 4.90 Å². The molecule has 0 radical (unpaired) electrons. The van der Waals surface area contributed by atoms with Gasteiger partial charge in [-0.25, -0.2) is 8.42 Å². The van der Waals surface area contributed by atoms with Gasteiger partial charge in [-0.1, -0.05) is 12.0 Å². The van der Waals surface area contributed by atoms with Crippen LogP contribution in [0.25, 0.3) is 0 Å². The molecule has 0 bridgehead atoms. The van der Waals surface area contributed by atoms with E-state index in [1.807, 2.05) is 0 Å². The van der Waals surface area contributed by atoms with Crippen molar-refractivity contribution in [2.75, 3.05) is 6.26 Å². The molecule has 0 aromatic heterocycles. The van der Waals surface area contributed by atoms with Gasteiger partial charge in [-0.15, -0.1) is 0 Å². The Morgan fingerprint density at radius 1 is 1.36 bits per heavy atom. The van der Waals surface area contributed by atoms with Gasteiger partial charge in [0.1, 0.15) is 0 Å². The highest BCUT2D eigenvalue weighted by molar-refractivity contribution is 7.90. The van der Waals surface area contributed by atoms with Crippen molar-refractivity contribution in [3.63, 3.8) is 0 Å². The molecule has 0 spiro atoms. The molecule has 14 heavy (non-hydrogen) atoms. The van der Waals surface area contributed by atoms with Crippen molar-refractivity contribution in [3.8, 4) is 11.8 Å². The fourth-order valence-electron chi connectivity index (χ4n) is 0.917. The lowest BCUT2D eigenvalue weighted by atomic mass is 10.2. The van der Waals surface area contributed by atoms with Crippen LogP contribution in [0.1, 0.15) is 5.56 Å². The molecule has 0 N–H and O–H groups in total. The van der Waals surface area contributed by atoms with Gasteiger partial charge in [0, 0.05) is 11.8 Å². The zero-order chi connectivity index (χ0) is 10.6. The largest absolute Gasteiger partial charge is 0.289 e. The molecule has 0 saturated heterocycles. The predicted octanol–water partition coefficient (Wildman–Crippen LogP) is 0.641. The van der Waals surface area contributed by atoms with Gasteiger partial charge >= 0.3 is 0 Å². The maximum absolute atomic E-state index is 11.1. The summed E-state index contributed by atoms with van der Waals surface area (Å²) in [6.07, 6.45) is 1.59. The average molecular weight is 208 g/mol. The topological polar surface area (TPSA) is 51.2 Å². The molecule has 1 aromatic carbocycles. The Bertz CT molecular complexity index is 504. The molecule has 0 saturated carbocycles. The number of sulfone groups is 1. The molecule has 1 rings (SSSR count). The Balaban J connectivity index is 3.21. The summed E-state index contributed by atoms with van der Waals surface area (Å²) >= 11 is 0. The van der Waals surface area contributed by atoms with Crippen LogP contribution in [0.5, 0.6) is 0 Å².